The van der Waals surface area contributed by atoms with Crippen LogP contribution < -0.4 is 11.1 Å². The molecule has 1 aromatic heterocycles. The molecule has 0 aliphatic rings. The van der Waals surface area contributed by atoms with Gasteiger partial charge in [0.05, 0.1) is 0 Å². The quantitative estimate of drug-likeness (QED) is 0.818. The topological polar surface area (TPSA) is 85.1 Å². The van der Waals surface area contributed by atoms with E-state index in [9.17, 15) is 9.59 Å². The summed E-state index contributed by atoms with van der Waals surface area (Å²) in [6.45, 7) is 3.00. The van der Waals surface area contributed by atoms with Crippen LogP contribution in [-0.2, 0) is 4.79 Å². The Hall–Kier alpha value is -1.33. The van der Waals surface area contributed by atoms with E-state index in [1.165, 1.54) is 26.0 Å². The average molecular weight is 276 g/mol. The van der Waals surface area contributed by atoms with Gasteiger partial charge in [-0.2, -0.15) is 0 Å². The Labute approximate surface area is 108 Å². The van der Waals surface area contributed by atoms with Gasteiger partial charge in [0.15, 0.2) is 0 Å². The highest BCUT2D eigenvalue weighted by molar-refractivity contribution is 6.33. The molecule has 1 heterocycles. The molecule has 1 rings (SSSR count). The molecule has 0 aromatic carbocycles. The van der Waals surface area contributed by atoms with Gasteiger partial charge >= 0.3 is 0 Å². The summed E-state index contributed by atoms with van der Waals surface area (Å²) < 4.78 is 0. The number of halogens is 2. The molecular weight excluding hydrogens is 265 g/mol. The first-order valence-electron chi connectivity index (χ1n) is 4.68. The number of pyridine rings is 1. The van der Waals surface area contributed by atoms with E-state index in [2.05, 4.69) is 10.3 Å². The largest absolute Gasteiger partial charge is 0.368 e. The zero-order valence-electron chi connectivity index (χ0n) is 9.25. The van der Waals surface area contributed by atoms with Crippen molar-refractivity contribution in [2.75, 3.05) is 0 Å². The fraction of sp³-hybridized carbons (Fsp3) is 0.300. The molecular formula is C10H11Cl2N3O2. The first-order chi connectivity index (χ1) is 7.72. The van der Waals surface area contributed by atoms with Gasteiger partial charge in [-0.25, -0.2) is 4.98 Å². The third-order valence-electron chi connectivity index (χ3n) is 2.07. The second-order valence-corrected chi connectivity index (χ2v) is 4.72. The summed E-state index contributed by atoms with van der Waals surface area (Å²) in [5.41, 5.74) is 4.20. The number of hydrogen-bond donors (Lipinski definition) is 2. The second kappa shape index (κ2) is 4.89. The van der Waals surface area contributed by atoms with E-state index in [4.69, 9.17) is 28.9 Å². The maximum atomic E-state index is 11.8. The second-order valence-electron chi connectivity index (χ2n) is 3.94. The Morgan fingerprint density at radius 1 is 1.29 bits per heavy atom. The van der Waals surface area contributed by atoms with Crippen molar-refractivity contribution >= 4 is 35.0 Å². The van der Waals surface area contributed by atoms with Gasteiger partial charge in [0.2, 0.25) is 5.91 Å². The van der Waals surface area contributed by atoms with Gasteiger partial charge in [-0.15, -0.1) is 0 Å². The lowest BCUT2D eigenvalue weighted by Gasteiger charge is -2.22. The molecule has 92 valence electrons. The van der Waals surface area contributed by atoms with Gasteiger partial charge in [0, 0.05) is 5.56 Å². The molecule has 0 aliphatic heterocycles. The predicted molar refractivity (Wildman–Crippen MR) is 65.0 cm³/mol. The maximum absolute atomic E-state index is 11.8. The molecule has 7 heteroatoms. The normalized spacial score (nSPS) is 11.1. The van der Waals surface area contributed by atoms with E-state index in [0.717, 1.165) is 0 Å². The number of carbonyl (C=O) groups excluding carboxylic acids is 2. The number of amides is 2. The maximum Gasteiger partial charge on any atom is 0.252 e. The van der Waals surface area contributed by atoms with Crippen molar-refractivity contribution in [1.82, 2.24) is 10.3 Å². The zero-order valence-corrected chi connectivity index (χ0v) is 10.8. The summed E-state index contributed by atoms with van der Waals surface area (Å²) in [4.78, 5) is 26.6. The van der Waals surface area contributed by atoms with Crippen LogP contribution in [0.5, 0.6) is 0 Å². The van der Waals surface area contributed by atoms with E-state index in [1.807, 2.05) is 0 Å². The van der Waals surface area contributed by atoms with E-state index in [0.29, 0.717) is 0 Å². The van der Waals surface area contributed by atoms with Crippen LogP contribution in [0, 0.1) is 0 Å². The van der Waals surface area contributed by atoms with Crippen LogP contribution >= 0.6 is 23.2 Å². The van der Waals surface area contributed by atoms with Gasteiger partial charge in [0.25, 0.3) is 5.91 Å². The smallest absolute Gasteiger partial charge is 0.252 e. The fourth-order valence-corrected chi connectivity index (χ4v) is 1.47. The molecule has 5 nitrogen and oxygen atoms in total. The monoisotopic (exact) mass is 275 g/mol. The highest BCUT2D eigenvalue weighted by Crippen LogP contribution is 2.15. The number of nitrogens with zero attached hydrogens (tertiary/aromatic N) is 1. The molecule has 0 saturated carbocycles. The molecule has 0 saturated heterocycles. The summed E-state index contributed by atoms with van der Waals surface area (Å²) in [5, 5.41) is 2.66. The molecule has 0 bridgehead atoms. The molecule has 1 aromatic rings. The van der Waals surface area contributed by atoms with Crippen molar-refractivity contribution in [3.8, 4) is 0 Å². The number of primary amides is 1. The number of hydrogen-bond acceptors (Lipinski definition) is 3. The van der Waals surface area contributed by atoms with Gasteiger partial charge in [-0.3, -0.25) is 9.59 Å². The molecule has 2 amide bonds. The molecule has 0 atom stereocenters. The fourth-order valence-electron chi connectivity index (χ4n) is 1.01. The van der Waals surface area contributed by atoms with E-state index in [-0.39, 0.29) is 15.9 Å². The van der Waals surface area contributed by atoms with Gasteiger partial charge < -0.3 is 11.1 Å². The predicted octanol–water partition coefficient (Wildman–Crippen LogP) is 1.38. The SMILES string of the molecule is CC(C)(NC(=O)c1cc(Cl)nc(Cl)c1)C(N)=O. The summed E-state index contributed by atoms with van der Waals surface area (Å²) in [7, 11) is 0. The molecule has 0 unspecified atom stereocenters. The van der Waals surface area contributed by atoms with Crippen molar-refractivity contribution in [2.24, 2.45) is 5.73 Å². The van der Waals surface area contributed by atoms with Gasteiger partial charge in [-0.1, -0.05) is 23.2 Å². The minimum atomic E-state index is -1.15. The van der Waals surface area contributed by atoms with Crippen molar-refractivity contribution in [1.29, 1.82) is 0 Å². The molecule has 0 radical (unpaired) electrons. The van der Waals surface area contributed by atoms with Crippen LogP contribution in [0.2, 0.25) is 10.3 Å². The van der Waals surface area contributed by atoms with E-state index in [1.54, 1.807) is 0 Å². The Balaban J connectivity index is 2.94. The van der Waals surface area contributed by atoms with Crippen LogP contribution in [-0.4, -0.2) is 22.3 Å². The Morgan fingerprint density at radius 2 is 1.76 bits per heavy atom. The minimum absolute atomic E-state index is 0.0968. The molecule has 17 heavy (non-hydrogen) atoms. The first kappa shape index (κ1) is 13.7. The van der Waals surface area contributed by atoms with Crippen molar-refractivity contribution < 1.29 is 9.59 Å². The van der Waals surface area contributed by atoms with Crippen LogP contribution in [0.25, 0.3) is 0 Å². The molecule has 0 fully saturated rings. The number of nitrogens with one attached hydrogen (secondary N) is 1. The van der Waals surface area contributed by atoms with E-state index < -0.39 is 17.4 Å². The highest BCUT2D eigenvalue weighted by atomic mass is 35.5. The molecule has 3 N–H and O–H groups in total. The van der Waals surface area contributed by atoms with Crippen LogP contribution in [0.4, 0.5) is 0 Å². The lowest BCUT2D eigenvalue weighted by molar-refractivity contribution is -0.122. The van der Waals surface area contributed by atoms with Crippen LogP contribution in [0.3, 0.4) is 0 Å². The number of carbonyl (C=O) groups is 2. The third-order valence-corrected chi connectivity index (χ3v) is 2.45. The van der Waals surface area contributed by atoms with Crippen molar-refractivity contribution in [3.63, 3.8) is 0 Å². The summed E-state index contributed by atoms with van der Waals surface area (Å²) >= 11 is 11.3. The number of nitrogens with two attached hydrogens (primary N) is 1. The number of aromatic nitrogens is 1. The standard InChI is InChI=1S/C10H11Cl2N3O2/c1-10(2,9(13)17)15-8(16)5-3-6(11)14-7(12)4-5/h3-4H,1-2H3,(H2,13,17)(H,15,16). The summed E-state index contributed by atoms with van der Waals surface area (Å²) in [6.07, 6.45) is 0. The van der Waals surface area contributed by atoms with Crippen molar-refractivity contribution in [3.05, 3.63) is 28.0 Å². The lowest BCUT2D eigenvalue weighted by atomic mass is 10.0. The Morgan fingerprint density at radius 3 is 2.18 bits per heavy atom. The van der Waals surface area contributed by atoms with Gasteiger partial charge in [-0.05, 0) is 26.0 Å². The van der Waals surface area contributed by atoms with Crippen molar-refractivity contribution in [2.45, 2.75) is 19.4 Å². The van der Waals surface area contributed by atoms with Crippen LogP contribution in [0.15, 0.2) is 12.1 Å². The van der Waals surface area contributed by atoms with Gasteiger partial charge in [0.1, 0.15) is 15.8 Å². The molecule has 0 spiro atoms. The molecule has 0 aliphatic carbocycles. The third kappa shape index (κ3) is 3.57. The first-order valence-corrected chi connectivity index (χ1v) is 5.43. The zero-order chi connectivity index (χ0) is 13.2. The number of rotatable bonds is 3. The lowest BCUT2D eigenvalue weighted by Crippen LogP contribution is -2.53. The average Bonchev–Trinajstić information content (AvgIpc) is 2.15. The highest BCUT2D eigenvalue weighted by Gasteiger charge is 2.27. The Kier molecular flexibility index (Phi) is 3.95. The minimum Gasteiger partial charge on any atom is -0.368 e. The summed E-state index contributed by atoms with van der Waals surface area (Å²) in [5.74, 6) is -1.14. The van der Waals surface area contributed by atoms with E-state index >= 15 is 0 Å². The Bertz CT molecular complexity index is 454. The summed E-state index contributed by atoms with van der Waals surface area (Å²) in [6, 6.07) is 2.69. The van der Waals surface area contributed by atoms with Crippen LogP contribution in [0.1, 0.15) is 24.2 Å².